The van der Waals surface area contributed by atoms with Crippen LogP contribution >= 0.6 is 22.6 Å². The summed E-state index contributed by atoms with van der Waals surface area (Å²) >= 11 is 2.04. The minimum atomic E-state index is -0.280. The Morgan fingerprint density at radius 1 is 2.00 bits per heavy atom. The van der Waals surface area contributed by atoms with Crippen LogP contribution in [0.1, 0.15) is 15.2 Å². The van der Waals surface area contributed by atoms with Gasteiger partial charge in [0.1, 0.15) is 0 Å². The number of hydrogen-bond acceptors (Lipinski definition) is 0. The fourth-order valence-electron chi connectivity index (χ4n) is 0. The third-order valence-electron chi connectivity index (χ3n) is 0. The van der Waals surface area contributed by atoms with E-state index in [1.165, 1.54) is 0 Å². The summed E-state index contributed by atoms with van der Waals surface area (Å²) in [6.07, 6.45) is 0. The molecule has 0 radical (unpaired) electrons. The molecule has 0 fully saturated rings. The van der Waals surface area contributed by atoms with Gasteiger partial charge in [0, 0.05) is 5.27 Å². The second kappa shape index (κ2) is 2.00. The highest BCUT2D eigenvalue weighted by molar-refractivity contribution is 14.1. The van der Waals surface area contributed by atoms with Crippen molar-refractivity contribution >= 4 is 22.6 Å². The number of hydrogen-bond donors (Lipinski definition) is 0. The Hall–Kier alpha value is 0.730. The van der Waals surface area contributed by atoms with Crippen molar-refractivity contribution in [1.29, 1.82) is 0 Å². The predicted molar refractivity (Wildman–Crippen MR) is 29.2 cm³/mol. The van der Waals surface area contributed by atoms with Crippen molar-refractivity contribution < 1.29 is 1.37 Å². The summed E-state index contributed by atoms with van der Waals surface area (Å²) in [7, 11) is 0. The van der Waals surface area contributed by atoms with Gasteiger partial charge in [-0.05, 0) is 0 Å². The Balaban J connectivity index is 3.02. The number of alkyl halides is 1. The minimum Gasteiger partial charge on any atom is -0.0832 e. The van der Waals surface area contributed by atoms with Crippen molar-refractivity contribution in [2.24, 2.45) is 0 Å². The van der Waals surface area contributed by atoms with Gasteiger partial charge in [0.2, 0.25) is 0 Å². The normalized spacial score (nSPS) is 15.2. The molecule has 0 unspecified atom stereocenters. The lowest BCUT2D eigenvalue weighted by atomic mass is 10.6. The van der Waals surface area contributed by atoms with Crippen molar-refractivity contribution in [3.8, 4) is 0 Å². The Kier molecular flexibility index (Phi) is 1.47. The Bertz CT molecular complexity index is 22.4. The maximum absolute atomic E-state index is 6.92. The topological polar surface area (TPSA) is 0 Å². The van der Waals surface area contributed by atoms with Gasteiger partial charge in [-0.2, -0.15) is 0 Å². The van der Waals surface area contributed by atoms with Crippen molar-refractivity contribution in [2.45, 2.75) is 17.7 Å². The molecule has 0 heterocycles. The Morgan fingerprint density at radius 2 is 2.00 bits per heavy atom. The average molecular weight is 171 g/mol. The molecular weight excluding hydrogens is 163 g/mol. The average Bonchev–Trinajstić information content (AvgIpc) is 0.722. The maximum atomic E-state index is 6.92. The summed E-state index contributed by atoms with van der Waals surface area (Å²) < 4.78 is 6.64. The van der Waals surface area contributed by atoms with Gasteiger partial charge in [-0.15, -0.1) is 0 Å². The maximum Gasteiger partial charge on any atom is 0.0408 e. The molecule has 26 valence electrons. The van der Waals surface area contributed by atoms with Crippen LogP contribution in [0.25, 0.3) is 0 Å². The quantitative estimate of drug-likeness (QED) is 0.385. The molecule has 0 aliphatic heterocycles. The zero-order valence-electron chi connectivity index (χ0n) is 3.88. The summed E-state index contributed by atoms with van der Waals surface area (Å²) in [4.78, 5) is 0. The molecule has 0 aromatic rings. The molecule has 0 saturated carbocycles. The van der Waals surface area contributed by atoms with Gasteiger partial charge >= 0.3 is 0 Å². The lowest BCUT2D eigenvalue weighted by molar-refractivity contribution is 1.16. The minimum absolute atomic E-state index is 0.280. The van der Waals surface area contributed by atoms with Crippen LogP contribution in [-0.2, 0) is 0 Å². The summed E-state index contributed by atoms with van der Waals surface area (Å²) in [6, 6.07) is 0. The fraction of sp³-hybridized carbons (Fsp3) is 1.00. The van der Waals surface area contributed by atoms with Gasteiger partial charge in [-0.3, -0.25) is 0 Å². The molecular formula is C3H7I. The highest BCUT2D eigenvalue weighted by Crippen LogP contribution is 1.91. The van der Waals surface area contributed by atoms with E-state index in [1.54, 1.807) is 0 Å². The Labute approximate surface area is 42.1 Å². The molecule has 0 aromatic heterocycles. The first-order valence-electron chi connectivity index (χ1n) is 1.69. The monoisotopic (exact) mass is 171 g/mol. The third kappa shape index (κ3) is 15.3. The molecule has 0 atom stereocenters. The summed E-state index contributed by atoms with van der Waals surface area (Å²) in [6.45, 7) is 3.68. The van der Waals surface area contributed by atoms with Gasteiger partial charge in [0.05, 0.1) is 0 Å². The molecule has 0 aromatic carbocycles. The van der Waals surface area contributed by atoms with E-state index in [4.69, 9.17) is 1.37 Å². The predicted octanol–water partition coefficient (Wildman–Crippen LogP) is 1.83. The molecule has 0 amide bonds. The third-order valence-corrected chi connectivity index (χ3v) is 0. The van der Waals surface area contributed by atoms with Crippen LogP contribution in [0.3, 0.4) is 0 Å². The zero-order chi connectivity index (χ0) is 4.50. The smallest absolute Gasteiger partial charge is 0.0408 e. The molecule has 0 bridgehead atoms. The fourth-order valence-corrected chi connectivity index (χ4v) is 0. The van der Waals surface area contributed by atoms with Gasteiger partial charge in [-0.25, -0.2) is 0 Å². The molecule has 0 nitrogen and oxygen atoms in total. The van der Waals surface area contributed by atoms with Crippen molar-refractivity contribution in [1.82, 2.24) is 0 Å². The van der Waals surface area contributed by atoms with Crippen LogP contribution in [0.5, 0.6) is 0 Å². The molecule has 0 saturated heterocycles. The number of rotatable bonds is 0. The van der Waals surface area contributed by atoms with E-state index in [9.17, 15) is 0 Å². The van der Waals surface area contributed by atoms with E-state index in [0.717, 1.165) is 0 Å². The second-order valence-electron chi connectivity index (χ2n) is 0.878. The largest absolute Gasteiger partial charge is 0.0832 e. The van der Waals surface area contributed by atoms with Gasteiger partial charge < -0.3 is 0 Å². The van der Waals surface area contributed by atoms with Crippen LogP contribution in [0, 0.1) is 0 Å². The molecule has 1 heteroatoms. The van der Waals surface area contributed by atoms with Crippen LogP contribution in [0.2, 0.25) is 0 Å². The standard InChI is InChI=1S/C3H7I/c1-3(2)4/h3H,1-2H3/i3D. The molecule has 4 heavy (non-hydrogen) atoms. The first-order chi connectivity index (χ1) is 2.00. The van der Waals surface area contributed by atoms with Crippen molar-refractivity contribution in [2.75, 3.05) is 0 Å². The second-order valence-corrected chi connectivity index (χ2v) is 3.04. The molecule has 0 aliphatic rings. The van der Waals surface area contributed by atoms with Gasteiger partial charge in [-0.1, -0.05) is 36.4 Å². The highest BCUT2D eigenvalue weighted by Gasteiger charge is 1.70. The number of halogens is 1. The first-order valence-corrected chi connectivity index (χ1v) is 2.27. The van der Waals surface area contributed by atoms with E-state index >= 15 is 0 Å². The molecule has 0 rings (SSSR count). The van der Waals surface area contributed by atoms with Crippen molar-refractivity contribution in [3.05, 3.63) is 0 Å². The summed E-state index contributed by atoms with van der Waals surface area (Å²) in [5.41, 5.74) is 0. The lowest BCUT2D eigenvalue weighted by Crippen LogP contribution is -1.69. The van der Waals surface area contributed by atoms with Gasteiger partial charge in [0.25, 0.3) is 0 Å². The van der Waals surface area contributed by atoms with E-state index in [-0.39, 0.29) is 3.90 Å². The van der Waals surface area contributed by atoms with E-state index in [0.29, 0.717) is 0 Å². The van der Waals surface area contributed by atoms with Crippen LogP contribution in [0.15, 0.2) is 0 Å². The van der Waals surface area contributed by atoms with Crippen molar-refractivity contribution in [3.63, 3.8) is 0 Å². The summed E-state index contributed by atoms with van der Waals surface area (Å²) in [5.74, 6) is 0. The molecule has 0 N–H and O–H groups in total. The Morgan fingerprint density at radius 3 is 2.00 bits per heavy atom. The van der Waals surface area contributed by atoms with E-state index < -0.39 is 0 Å². The highest BCUT2D eigenvalue weighted by atomic mass is 127. The molecule has 0 aliphatic carbocycles. The van der Waals surface area contributed by atoms with Crippen LogP contribution in [0.4, 0.5) is 0 Å². The zero-order valence-corrected chi connectivity index (χ0v) is 5.04. The first kappa shape index (κ1) is 2.94. The van der Waals surface area contributed by atoms with Crippen LogP contribution < -0.4 is 0 Å². The molecule has 0 spiro atoms. The SMILES string of the molecule is [2H]C(C)(C)I. The van der Waals surface area contributed by atoms with Crippen LogP contribution in [-0.4, -0.2) is 3.90 Å². The summed E-state index contributed by atoms with van der Waals surface area (Å²) in [5, 5.41) is 0. The lowest BCUT2D eigenvalue weighted by Gasteiger charge is -1.76. The van der Waals surface area contributed by atoms with Gasteiger partial charge in [0.15, 0.2) is 0 Å². The van der Waals surface area contributed by atoms with E-state index in [1.807, 2.05) is 36.4 Å². The van der Waals surface area contributed by atoms with E-state index in [2.05, 4.69) is 0 Å².